The maximum Gasteiger partial charge on any atom is 0.420 e. The van der Waals surface area contributed by atoms with Crippen molar-refractivity contribution in [3.8, 4) is 0 Å². The van der Waals surface area contributed by atoms with Crippen molar-refractivity contribution in [2.75, 3.05) is 4.90 Å². The smallest absolute Gasteiger partial charge is 0.420 e. The van der Waals surface area contributed by atoms with E-state index in [4.69, 9.17) is 4.74 Å². The predicted octanol–water partition coefficient (Wildman–Crippen LogP) is 4.92. The van der Waals surface area contributed by atoms with E-state index in [-0.39, 0.29) is 0 Å². The SMILES string of the molecule is CC(C)(C)OC(=O)N(c1ccccc1)c1ncccc1Br. The molecule has 5 heteroatoms. The lowest BCUT2D eigenvalue weighted by Gasteiger charge is -2.27. The molecule has 0 spiro atoms. The molecule has 110 valence electrons. The second kappa shape index (κ2) is 6.26. The van der Waals surface area contributed by atoms with E-state index in [1.54, 1.807) is 12.3 Å². The number of halogens is 1. The third-order valence-electron chi connectivity index (χ3n) is 2.54. The van der Waals surface area contributed by atoms with Gasteiger partial charge in [0.1, 0.15) is 5.60 Å². The van der Waals surface area contributed by atoms with Gasteiger partial charge in [0.15, 0.2) is 5.82 Å². The molecule has 1 aromatic carbocycles. The van der Waals surface area contributed by atoms with E-state index < -0.39 is 11.7 Å². The van der Waals surface area contributed by atoms with Gasteiger partial charge in [-0.05, 0) is 61.0 Å². The van der Waals surface area contributed by atoms with Gasteiger partial charge in [-0.3, -0.25) is 0 Å². The summed E-state index contributed by atoms with van der Waals surface area (Å²) in [6.07, 6.45) is 1.17. The number of pyridine rings is 1. The second-order valence-corrected chi connectivity index (χ2v) is 6.31. The number of rotatable bonds is 2. The van der Waals surface area contributed by atoms with E-state index in [1.807, 2.05) is 57.2 Å². The van der Waals surface area contributed by atoms with Gasteiger partial charge in [-0.15, -0.1) is 0 Å². The van der Waals surface area contributed by atoms with Gasteiger partial charge >= 0.3 is 6.09 Å². The summed E-state index contributed by atoms with van der Waals surface area (Å²) < 4.78 is 6.21. The van der Waals surface area contributed by atoms with Crippen LogP contribution in [0.2, 0.25) is 0 Å². The lowest BCUT2D eigenvalue weighted by Crippen LogP contribution is -2.34. The average Bonchev–Trinajstić information content (AvgIpc) is 2.40. The molecule has 1 amide bonds. The number of benzene rings is 1. The van der Waals surface area contributed by atoms with E-state index >= 15 is 0 Å². The molecule has 1 heterocycles. The van der Waals surface area contributed by atoms with Gasteiger partial charge in [-0.1, -0.05) is 18.2 Å². The molecule has 0 atom stereocenters. The summed E-state index contributed by atoms with van der Waals surface area (Å²) in [5.41, 5.74) is 0.122. The minimum absolute atomic E-state index is 0.465. The normalized spacial score (nSPS) is 11.0. The van der Waals surface area contributed by atoms with Gasteiger partial charge < -0.3 is 4.74 Å². The van der Waals surface area contributed by atoms with Gasteiger partial charge in [0, 0.05) is 6.20 Å². The molecular weight excluding hydrogens is 332 g/mol. The molecule has 0 radical (unpaired) electrons. The minimum Gasteiger partial charge on any atom is -0.443 e. The number of carbonyl (C=O) groups excluding carboxylic acids is 1. The van der Waals surface area contributed by atoms with Gasteiger partial charge in [-0.25, -0.2) is 14.7 Å². The van der Waals surface area contributed by atoms with Crippen molar-refractivity contribution in [1.82, 2.24) is 4.98 Å². The van der Waals surface area contributed by atoms with Crippen LogP contribution in [0.25, 0.3) is 0 Å². The van der Waals surface area contributed by atoms with Crippen LogP contribution in [0, 0.1) is 0 Å². The standard InChI is InChI=1S/C16H17BrN2O2/c1-16(2,3)21-15(20)19(12-8-5-4-6-9-12)14-13(17)10-7-11-18-14/h4-11H,1-3H3. The van der Waals surface area contributed by atoms with Crippen LogP contribution in [0.3, 0.4) is 0 Å². The molecule has 0 bridgehead atoms. The largest absolute Gasteiger partial charge is 0.443 e. The van der Waals surface area contributed by atoms with Crippen LogP contribution < -0.4 is 4.90 Å². The molecule has 0 fully saturated rings. The summed E-state index contributed by atoms with van der Waals surface area (Å²) in [6, 6.07) is 12.9. The Labute approximate surface area is 132 Å². The first kappa shape index (κ1) is 15.5. The van der Waals surface area contributed by atoms with Gasteiger partial charge in [0.25, 0.3) is 0 Å². The topological polar surface area (TPSA) is 42.4 Å². The number of ether oxygens (including phenoxy) is 1. The molecule has 0 saturated carbocycles. The average molecular weight is 349 g/mol. The number of carbonyl (C=O) groups is 1. The lowest BCUT2D eigenvalue weighted by atomic mass is 10.2. The van der Waals surface area contributed by atoms with Crippen LogP contribution >= 0.6 is 15.9 Å². The van der Waals surface area contributed by atoms with Crippen molar-refractivity contribution in [2.45, 2.75) is 26.4 Å². The number of anilines is 2. The Morgan fingerprint density at radius 2 is 1.81 bits per heavy atom. The first-order valence-electron chi connectivity index (χ1n) is 6.57. The first-order valence-corrected chi connectivity index (χ1v) is 7.36. The summed E-state index contributed by atoms with van der Waals surface area (Å²) in [7, 11) is 0. The predicted molar refractivity (Wildman–Crippen MR) is 86.8 cm³/mol. The Morgan fingerprint density at radius 3 is 2.38 bits per heavy atom. The van der Waals surface area contributed by atoms with E-state index in [0.717, 1.165) is 4.47 Å². The fourth-order valence-corrected chi connectivity index (χ4v) is 2.17. The lowest BCUT2D eigenvalue weighted by molar-refractivity contribution is 0.0598. The number of aromatic nitrogens is 1. The van der Waals surface area contributed by atoms with Gasteiger partial charge in [-0.2, -0.15) is 0 Å². The minimum atomic E-state index is -0.578. The Bertz CT molecular complexity index is 624. The maximum atomic E-state index is 12.6. The fraction of sp³-hybridized carbons (Fsp3) is 0.250. The number of hydrogen-bond acceptors (Lipinski definition) is 3. The molecule has 21 heavy (non-hydrogen) atoms. The van der Waals surface area contributed by atoms with Crippen LogP contribution in [0.5, 0.6) is 0 Å². The third kappa shape index (κ3) is 4.04. The molecule has 0 unspecified atom stereocenters. The van der Waals surface area contributed by atoms with Gasteiger partial charge in [0.05, 0.1) is 10.2 Å². The van der Waals surface area contributed by atoms with Crippen molar-refractivity contribution >= 4 is 33.5 Å². The molecule has 0 saturated heterocycles. The van der Waals surface area contributed by atoms with E-state index in [9.17, 15) is 4.79 Å². The zero-order valence-corrected chi connectivity index (χ0v) is 13.8. The first-order chi connectivity index (χ1) is 9.88. The van der Waals surface area contributed by atoms with Crippen molar-refractivity contribution in [3.05, 3.63) is 53.1 Å². The Morgan fingerprint density at radius 1 is 1.14 bits per heavy atom. The summed E-state index contributed by atoms with van der Waals surface area (Å²) in [6.45, 7) is 5.50. The van der Waals surface area contributed by atoms with Crippen molar-refractivity contribution < 1.29 is 9.53 Å². The molecule has 0 aliphatic carbocycles. The molecule has 0 aliphatic rings. The molecule has 1 aromatic heterocycles. The zero-order chi connectivity index (χ0) is 15.5. The molecule has 0 N–H and O–H groups in total. The van der Waals surface area contributed by atoms with Crippen molar-refractivity contribution in [1.29, 1.82) is 0 Å². The third-order valence-corrected chi connectivity index (χ3v) is 3.16. The van der Waals surface area contributed by atoms with Crippen LogP contribution in [0.1, 0.15) is 20.8 Å². The van der Waals surface area contributed by atoms with Crippen LogP contribution in [-0.4, -0.2) is 16.7 Å². The van der Waals surface area contributed by atoms with E-state index in [1.165, 1.54) is 4.90 Å². The summed E-state index contributed by atoms with van der Waals surface area (Å²) in [5.74, 6) is 0.498. The van der Waals surface area contributed by atoms with Crippen molar-refractivity contribution in [2.24, 2.45) is 0 Å². The Kier molecular flexibility index (Phi) is 4.63. The Hall–Kier alpha value is -1.88. The second-order valence-electron chi connectivity index (χ2n) is 5.46. The molecule has 0 aliphatic heterocycles. The number of para-hydroxylation sites is 1. The molecule has 2 aromatic rings. The van der Waals surface area contributed by atoms with Crippen LogP contribution in [-0.2, 0) is 4.74 Å². The van der Waals surface area contributed by atoms with Crippen LogP contribution in [0.4, 0.5) is 16.3 Å². The number of amides is 1. The monoisotopic (exact) mass is 348 g/mol. The van der Waals surface area contributed by atoms with Crippen LogP contribution in [0.15, 0.2) is 53.1 Å². The molecule has 4 nitrogen and oxygen atoms in total. The highest BCUT2D eigenvalue weighted by Crippen LogP contribution is 2.31. The van der Waals surface area contributed by atoms with E-state index in [2.05, 4.69) is 20.9 Å². The maximum absolute atomic E-state index is 12.6. The van der Waals surface area contributed by atoms with Crippen molar-refractivity contribution in [3.63, 3.8) is 0 Å². The number of hydrogen-bond donors (Lipinski definition) is 0. The zero-order valence-electron chi connectivity index (χ0n) is 12.2. The fourth-order valence-electron chi connectivity index (χ4n) is 1.74. The molecule has 2 rings (SSSR count). The summed E-state index contributed by atoms with van der Waals surface area (Å²) in [5, 5.41) is 0. The highest BCUT2D eigenvalue weighted by atomic mass is 79.9. The van der Waals surface area contributed by atoms with E-state index in [0.29, 0.717) is 11.5 Å². The highest BCUT2D eigenvalue weighted by molar-refractivity contribution is 9.10. The number of nitrogens with zero attached hydrogens (tertiary/aromatic N) is 2. The highest BCUT2D eigenvalue weighted by Gasteiger charge is 2.26. The summed E-state index contributed by atoms with van der Waals surface area (Å²) in [4.78, 5) is 18.3. The Balaban J connectivity index is 2.46. The quantitative estimate of drug-likeness (QED) is 0.773. The summed E-state index contributed by atoms with van der Waals surface area (Å²) >= 11 is 3.43. The van der Waals surface area contributed by atoms with Gasteiger partial charge in [0.2, 0.25) is 0 Å². The molecular formula is C16H17BrN2O2.